The maximum atomic E-state index is 12.9. The maximum absolute atomic E-state index is 12.9. The minimum Gasteiger partial charge on any atom is -0.378 e. The van der Waals surface area contributed by atoms with Gasteiger partial charge in [0.1, 0.15) is 16.2 Å². The Morgan fingerprint density at radius 2 is 2.00 bits per heavy atom. The predicted octanol–water partition coefficient (Wildman–Crippen LogP) is 4.41. The predicted molar refractivity (Wildman–Crippen MR) is 126 cm³/mol. The van der Waals surface area contributed by atoms with E-state index in [0.29, 0.717) is 26.3 Å². The second kappa shape index (κ2) is 9.00. The Morgan fingerprint density at radius 1 is 1.23 bits per heavy atom. The first-order chi connectivity index (χ1) is 15.2. The number of nitrogens with zero attached hydrogens (tertiary/aromatic N) is 4. The van der Waals surface area contributed by atoms with Crippen LogP contribution in [0.3, 0.4) is 0 Å². The molecule has 0 saturated carbocycles. The molecule has 0 unspecified atom stereocenters. The summed E-state index contributed by atoms with van der Waals surface area (Å²) in [5.74, 6) is 0.155. The summed E-state index contributed by atoms with van der Waals surface area (Å²) in [5, 5.41) is 1.92. The molecular weight excluding hydrogens is 428 g/mol. The molecule has 1 aliphatic heterocycles. The third-order valence-corrected chi connectivity index (χ3v) is 8.52. The normalized spacial score (nSPS) is 17.8. The molecule has 0 bridgehead atoms. The van der Waals surface area contributed by atoms with Crippen molar-refractivity contribution in [2.24, 2.45) is 0 Å². The smallest absolute Gasteiger partial charge is 0.235 e. The summed E-state index contributed by atoms with van der Waals surface area (Å²) >= 11 is 3.23. The first-order valence-corrected chi connectivity index (χ1v) is 13.0. The number of pyridine rings is 1. The molecule has 0 radical (unpaired) electrons. The van der Waals surface area contributed by atoms with Crippen LogP contribution in [-0.2, 0) is 28.8 Å². The van der Waals surface area contributed by atoms with Crippen LogP contribution >= 0.6 is 23.1 Å². The van der Waals surface area contributed by atoms with Crippen LogP contribution in [-0.4, -0.2) is 57.3 Å². The highest BCUT2D eigenvalue weighted by atomic mass is 32.2. The van der Waals surface area contributed by atoms with E-state index in [9.17, 15) is 4.79 Å². The van der Waals surface area contributed by atoms with Gasteiger partial charge in [-0.1, -0.05) is 25.1 Å². The average Bonchev–Trinajstić information content (AvgIpc) is 3.19. The van der Waals surface area contributed by atoms with Gasteiger partial charge in [0.15, 0.2) is 0 Å². The van der Waals surface area contributed by atoms with Crippen molar-refractivity contribution < 1.29 is 9.53 Å². The van der Waals surface area contributed by atoms with Crippen LogP contribution in [0.2, 0.25) is 0 Å². The molecule has 0 aromatic carbocycles. The van der Waals surface area contributed by atoms with E-state index in [-0.39, 0.29) is 11.2 Å². The van der Waals surface area contributed by atoms with Gasteiger partial charge in [0.25, 0.3) is 0 Å². The lowest BCUT2D eigenvalue weighted by atomic mass is 9.88. The average molecular weight is 457 g/mol. The van der Waals surface area contributed by atoms with Crippen molar-refractivity contribution in [3.63, 3.8) is 0 Å². The largest absolute Gasteiger partial charge is 0.378 e. The molecule has 0 spiro atoms. The van der Waals surface area contributed by atoms with Crippen LogP contribution in [0.15, 0.2) is 11.4 Å². The van der Waals surface area contributed by atoms with Gasteiger partial charge < -0.3 is 9.64 Å². The number of aryl methyl sites for hydroxylation is 2. The first kappa shape index (κ1) is 21.1. The molecule has 6 nitrogen and oxygen atoms in total. The number of thioether (sulfide) groups is 1. The van der Waals surface area contributed by atoms with Gasteiger partial charge in [-0.2, -0.15) is 0 Å². The van der Waals surface area contributed by atoms with Gasteiger partial charge in [-0.05, 0) is 50.2 Å². The summed E-state index contributed by atoms with van der Waals surface area (Å²) in [6, 6.07) is 0. The van der Waals surface area contributed by atoms with Crippen LogP contribution in [0, 0.1) is 0 Å². The lowest BCUT2D eigenvalue weighted by molar-refractivity contribution is -0.134. The Labute approximate surface area is 190 Å². The van der Waals surface area contributed by atoms with Crippen molar-refractivity contribution in [1.29, 1.82) is 0 Å². The molecule has 1 fully saturated rings. The molecule has 1 aliphatic carbocycles. The molecular formula is C23H28N4O2S2. The number of aromatic nitrogens is 3. The standard InChI is InChI=1S/C23H28N4O2S2/c1-3-6-17-15-7-4-5-8-16(15)18-19-20(31-21(18)26-17)22(25-13-24-19)30-14(2)23(28)27-9-11-29-12-10-27/h13-14H,3-12H2,1-2H3/t14-/m0/s1. The van der Waals surface area contributed by atoms with E-state index >= 15 is 0 Å². The molecule has 0 N–H and O–H groups in total. The molecule has 1 amide bonds. The summed E-state index contributed by atoms with van der Waals surface area (Å²) in [7, 11) is 0. The molecule has 31 heavy (non-hydrogen) atoms. The zero-order valence-electron chi connectivity index (χ0n) is 18.1. The molecule has 4 heterocycles. The van der Waals surface area contributed by atoms with Crippen molar-refractivity contribution in [2.45, 2.75) is 62.6 Å². The highest BCUT2D eigenvalue weighted by molar-refractivity contribution is 8.00. The zero-order valence-corrected chi connectivity index (χ0v) is 19.8. The third kappa shape index (κ3) is 3.94. The summed E-state index contributed by atoms with van der Waals surface area (Å²) in [5.41, 5.74) is 5.20. The number of carbonyl (C=O) groups excluding carboxylic acids is 1. The second-order valence-electron chi connectivity index (χ2n) is 8.31. The fourth-order valence-corrected chi connectivity index (χ4v) is 6.93. The number of hydrogen-bond donors (Lipinski definition) is 0. The van der Waals surface area contributed by atoms with Gasteiger partial charge in [-0.25, -0.2) is 15.0 Å². The molecule has 5 rings (SSSR count). The van der Waals surface area contributed by atoms with Crippen molar-refractivity contribution in [2.75, 3.05) is 26.3 Å². The van der Waals surface area contributed by atoms with Crippen LogP contribution < -0.4 is 0 Å². The minimum atomic E-state index is -0.195. The number of carbonyl (C=O) groups is 1. The molecule has 164 valence electrons. The summed E-state index contributed by atoms with van der Waals surface area (Å²) in [4.78, 5) is 30.3. The fraction of sp³-hybridized carbons (Fsp3) is 0.565. The number of morpholine rings is 1. The Hall–Kier alpha value is -1.77. The van der Waals surface area contributed by atoms with E-state index in [1.54, 1.807) is 29.4 Å². The molecule has 1 saturated heterocycles. The van der Waals surface area contributed by atoms with Crippen molar-refractivity contribution in [3.05, 3.63) is 23.1 Å². The van der Waals surface area contributed by atoms with Gasteiger partial charge in [0.05, 0.1) is 28.7 Å². The molecule has 3 aromatic rings. The monoisotopic (exact) mass is 456 g/mol. The van der Waals surface area contributed by atoms with Crippen molar-refractivity contribution >= 4 is 49.4 Å². The van der Waals surface area contributed by atoms with Crippen LogP contribution in [0.25, 0.3) is 20.4 Å². The number of rotatable bonds is 5. The highest BCUT2D eigenvalue weighted by Crippen LogP contribution is 2.42. The van der Waals surface area contributed by atoms with Gasteiger partial charge in [0, 0.05) is 24.2 Å². The van der Waals surface area contributed by atoms with E-state index < -0.39 is 0 Å². The van der Waals surface area contributed by atoms with E-state index in [0.717, 1.165) is 45.8 Å². The van der Waals surface area contributed by atoms with Crippen LogP contribution in [0.4, 0.5) is 0 Å². The topological polar surface area (TPSA) is 68.2 Å². The van der Waals surface area contributed by atoms with Crippen LogP contribution in [0.5, 0.6) is 0 Å². The Kier molecular flexibility index (Phi) is 6.12. The van der Waals surface area contributed by atoms with Gasteiger partial charge in [0.2, 0.25) is 5.91 Å². The Balaban J connectivity index is 1.54. The number of fused-ring (bicyclic) bond motifs is 5. The summed E-state index contributed by atoms with van der Waals surface area (Å²) in [6.45, 7) is 6.77. The fourth-order valence-electron chi connectivity index (χ4n) is 4.70. The molecule has 3 aromatic heterocycles. The number of hydrogen-bond acceptors (Lipinski definition) is 7. The van der Waals surface area contributed by atoms with Gasteiger partial charge >= 0.3 is 0 Å². The molecule has 2 aliphatic rings. The highest BCUT2D eigenvalue weighted by Gasteiger charge is 2.26. The lowest BCUT2D eigenvalue weighted by Gasteiger charge is -2.28. The summed E-state index contributed by atoms with van der Waals surface area (Å²) in [6.07, 6.45) is 8.50. The number of amides is 1. The first-order valence-electron chi connectivity index (χ1n) is 11.3. The molecule has 8 heteroatoms. The van der Waals surface area contributed by atoms with E-state index in [4.69, 9.17) is 9.72 Å². The van der Waals surface area contributed by atoms with Gasteiger partial charge in [-0.15, -0.1) is 11.3 Å². The second-order valence-corrected chi connectivity index (χ2v) is 10.6. The number of ether oxygens (including phenoxy) is 1. The van der Waals surface area contributed by atoms with Gasteiger partial charge in [-0.3, -0.25) is 4.79 Å². The SMILES string of the molecule is CCCc1nc2sc3c(S[C@@H](C)C(=O)N4CCOCC4)ncnc3c2c2c1CCCC2. The maximum Gasteiger partial charge on any atom is 0.235 e. The minimum absolute atomic E-state index is 0.155. The van der Waals surface area contributed by atoms with Crippen molar-refractivity contribution in [1.82, 2.24) is 19.9 Å². The van der Waals surface area contributed by atoms with E-state index in [1.165, 1.54) is 35.0 Å². The quantitative estimate of drug-likeness (QED) is 0.418. The Morgan fingerprint density at radius 3 is 2.77 bits per heavy atom. The lowest BCUT2D eigenvalue weighted by Crippen LogP contribution is -2.44. The zero-order chi connectivity index (χ0) is 21.4. The summed E-state index contributed by atoms with van der Waals surface area (Å²) < 4.78 is 6.45. The Bertz CT molecular complexity index is 1120. The van der Waals surface area contributed by atoms with Crippen molar-refractivity contribution in [3.8, 4) is 0 Å². The van der Waals surface area contributed by atoms with E-state index in [1.807, 2.05) is 11.8 Å². The van der Waals surface area contributed by atoms with E-state index in [2.05, 4.69) is 16.9 Å². The molecule has 1 atom stereocenters. The third-order valence-electron chi connectivity index (χ3n) is 6.22. The number of thiophene rings is 1. The van der Waals surface area contributed by atoms with Crippen LogP contribution in [0.1, 0.15) is 49.9 Å².